The smallest absolute Gasteiger partial charge is 0.408 e. The molecule has 1 aromatic carbocycles. The van der Waals surface area contributed by atoms with E-state index in [1.54, 1.807) is 18.2 Å². The number of aromatic nitrogens is 1. The molecule has 1 aliphatic rings. The summed E-state index contributed by atoms with van der Waals surface area (Å²) < 4.78 is 4.94. The average molecular weight is 289 g/mol. The second-order valence-corrected chi connectivity index (χ2v) is 5.60. The quantitative estimate of drug-likeness (QED) is 0.802. The molecule has 0 saturated heterocycles. The molecule has 2 aromatic rings. The van der Waals surface area contributed by atoms with Crippen LogP contribution in [0.1, 0.15) is 25.7 Å². The first-order valence-electron chi connectivity index (χ1n) is 7.31. The van der Waals surface area contributed by atoms with E-state index in [9.17, 15) is 9.59 Å². The van der Waals surface area contributed by atoms with Crippen LogP contribution in [0.4, 0.5) is 5.69 Å². The summed E-state index contributed by atoms with van der Waals surface area (Å²) in [6.07, 6.45) is 4.12. The maximum absolute atomic E-state index is 12.4. The molecule has 2 atom stereocenters. The Balaban J connectivity index is 1.77. The van der Waals surface area contributed by atoms with Gasteiger partial charge in [0.05, 0.1) is 5.52 Å². The molecule has 1 aromatic heterocycles. The number of benzene rings is 1. The number of nitrogens with one attached hydrogen (secondary N) is 2. The minimum absolute atomic E-state index is 0.00958. The van der Waals surface area contributed by atoms with Gasteiger partial charge in [-0.25, -0.2) is 4.79 Å². The molecule has 0 radical (unpaired) electrons. The molecule has 1 amide bonds. The summed E-state index contributed by atoms with van der Waals surface area (Å²) in [5, 5.41) is 2.92. The summed E-state index contributed by atoms with van der Waals surface area (Å²) in [4.78, 5) is 26.1. The molecule has 2 unspecified atom stereocenters. The molecular formula is C15H19N3O3. The lowest BCUT2D eigenvalue weighted by Crippen LogP contribution is -2.35. The Bertz CT molecular complexity index is 703. The molecule has 1 saturated carbocycles. The van der Waals surface area contributed by atoms with Crippen LogP contribution < -0.4 is 16.8 Å². The number of anilines is 1. The fourth-order valence-corrected chi connectivity index (χ4v) is 3.10. The lowest BCUT2D eigenvalue weighted by atomic mass is 9.78. The maximum Gasteiger partial charge on any atom is 0.417 e. The van der Waals surface area contributed by atoms with Crippen LogP contribution >= 0.6 is 0 Å². The van der Waals surface area contributed by atoms with Crippen LogP contribution in [0.2, 0.25) is 0 Å². The van der Waals surface area contributed by atoms with Crippen LogP contribution in [0, 0.1) is 11.8 Å². The lowest BCUT2D eigenvalue weighted by Gasteiger charge is -2.29. The van der Waals surface area contributed by atoms with E-state index in [4.69, 9.17) is 10.2 Å². The van der Waals surface area contributed by atoms with Gasteiger partial charge in [0.25, 0.3) is 0 Å². The molecule has 0 bridgehead atoms. The third-order valence-corrected chi connectivity index (χ3v) is 4.24. The molecule has 1 aliphatic carbocycles. The molecule has 1 heterocycles. The van der Waals surface area contributed by atoms with Crippen LogP contribution in [0.15, 0.2) is 27.4 Å². The van der Waals surface area contributed by atoms with Crippen LogP contribution in [0.3, 0.4) is 0 Å². The van der Waals surface area contributed by atoms with Crippen molar-refractivity contribution < 1.29 is 9.21 Å². The fraction of sp³-hybridized carbons (Fsp3) is 0.467. The highest BCUT2D eigenvalue weighted by molar-refractivity contribution is 5.94. The van der Waals surface area contributed by atoms with E-state index in [1.807, 2.05) is 0 Å². The van der Waals surface area contributed by atoms with E-state index < -0.39 is 5.76 Å². The van der Waals surface area contributed by atoms with Crippen molar-refractivity contribution in [1.29, 1.82) is 0 Å². The summed E-state index contributed by atoms with van der Waals surface area (Å²) in [6, 6.07) is 5.11. The van der Waals surface area contributed by atoms with Gasteiger partial charge >= 0.3 is 5.76 Å². The van der Waals surface area contributed by atoms with Gasteiger partial charge in [-0.1, -0.05) is 12.8 Å². The molecular weight excluding hydrogens is 270 g/mol. The number of hydrogen-bond acceptors (Lipinski definition) is 4. The number of hydrogen-bond donors (Lipinski definition) is 3. The SMILES string of the molecule is NCC1CCCCC1C(=O)Nc1ccc2oc(=O)[nH]c2c1. The second-order valence-electron chi connectivity index (χ2n) is 5.60. The van der Waals surface area contributed by atoms with Gasteiger partial charge in [0, 0.05) is 11.6 Å². The van der Waals surface area contributed by atoms with E-state index in [2.05, 4.69) is 10.3 Å². The Kier molecular flexibility index (Phi) is 3.79. The number of nitrogens with two attached hydrogens (primary N) is 1. The second kappa shape index (κ2) is 5.73. The zero-order chi connectivity index (χ0) is 14.8. The van der Waals surface area contributed by atoms with Gasteiger partial charge in [0.1, 0.15) is 0 Å². The topological polar surface area (TPSA) is 101 Å². The third kappa shape index (κ3) is 2.85. The number of carbonyl (C=O) groups is 1. The van der Waals surface area contributed by atoms with Gasteiger partial charge in [0.15, 0.2) is 5.58 Å². The largest absolute Gasteiger partial charge is 0.417 e. The summed E-state index contributed by atoms with van der Waals surface area (Å²) in [5.41, 5.74) is 7.49. The van der Waals surface area contributed by atoms with E-state index >= 15 is 0 Å². The number of rotatable bonds is 3. The Labute approximate surface area is 121 Å². The van der Waals surface area contributed by atoms with Crippen LogP contribution in [0.25, 0.3) is 11.1 Å². The molecule has 1 fully saturated rings. The van der Waals surface area contributed by atoms with Gasteiger partial charge in [-0.15, -0.1) is 0 Å². The van der Waals surface area contributed by atoms with Crippen LogP contribution in [-0.2, 0) is 4.79 Å². The van der Waals surface area contributed by atoms with E-state index in [0.29, 0.717) is 23.3 Å². The number of carbonyl (C=O) groups excluding carboxylic acids is 1. The van der Waals surface area contributed by atoms with Crippen molar-refractivity contribution in [3.8, 4) is 0 Å². The Hall–Kier alpha value is -2.08. The van der Waals surface area contributed by atoms with Crippen molar-refractivity contribution in [2.75, 3.05) is 11.9 Å². The number of amides is 1. The molecule has 112 valence electrons. The van der Waals surface area contributed by atoms with E-state index in [1.165, 1.54) is 0 Å². The first kappa shape index (κ1) is 13.9. The monoisotopic (exact) mass is 289 g/mol. The van der Waals surface area contributed by atoms with Gasteiger partial charge in [-0.05, 0) is 43.5 Å². The molecule has 0 spiro atoms. The zero-order valence-corrected chi connectivity index (χ0v) is 11.7. The van der Waals surface area contributed by atoms with Crippen LogP contribution in [0.5, 0.6) is 0 Å². The van der Waals surface area contributed by atoms with Crippen LogP contribution in [-0.4, -0.2) is 17.4 Å². The van der Waals surface area contributed by atoms with Crippen molar-refractivity contribution in [2.24, 2.45) is 17.6 Å². The summed E-state index contributed by atoms with van der Waals surface area (Å²) in [6.45, 7) is 0.548. The summed E-state index contributed by atoms with van der Waals surface area (Å²) in [5.74, 6) is -0.252. The fourth-order valence-electron chi connectivity index (χ4n) is 3.10. The van der Waals surface area contributed by atoms with Crippen molar-refractivity contribution in [1.82, 2.24) is 4.98 Å². The Morgan fingerprint density at radius 3 is 3.00 bits per heavy atom. The number of fused-ring (bicyclic) bond motifs is 1. The minimum Gasteiger partial charge on any atom is -0.408 e. The van der Waals surface area contributed by atoms with Crippen molar-refractivity contribution in [3.05, 3.63) is 28.7 Å². The molecule has 6 heteroatoms. The Morgan fingerprint density at radius 2 is 2.19 bits per heavy atom. The number of oxazole rings is 1. The predicted octanol–water partition coefficient (Wildman–Crippen LogP) is 1.82. The highest BCUT2D eigenvalue weighted by Crippen LogP contribution is 2.30. The summed E-state index contributed by atoms with van der Waals surface area (Å²) in [7, 11) is 0. The number of H-pyrrole nitrogens is 1. The van der Waals surface area contributed by atoms with E-state index in [-0.39, 0.29) is 17.7 Å². The molecule has 3 rings (SSSR count). The van der Waals surface area contributed by atoms with Gasteiger partial charge in [-0.3, -0.25) is 9.78 Å². The highest BCUT2D eigenvalue weighted by atomic mass is 16.4. The zero-order valence-electron chi connectivity index (χ0n) is 11.7. The van der Waals surface area contributed by atoms with Gasteiger partial charge < -0.3 is 15.5 Å². The summed E-state index contributed by atoms with van der Waals surface area (Å²) >= 11 is 0. The molecule has 0 aliphatic heterocycles. The van der Waals surface area contributed by atoms with Gasteiger partial charge in [0.2, 0.25) is 5.91 Å². The third-order valence-electron chi connectivity index (χ3n) is 4.24. The first-order valence-corrected chi connectivity index (χ1v) is 7.31. The lowest BCUT2D eigenvalue weighted by molar-refractivity contribution is -0.122. The minimum atomic E-state index is -0.496. The first-order chi connectivity index (χ1) is 10.2. The predicted molar refractivity (Wildman–Crippen MR) is 80.0 cm³/mol. The molecule has 4 N–H and O–H groups in total. The van der Waals surface area contributed by atoms with Crippen molar-refractivity contribution >= 4 is 22.7 Å². The maximum atomic E-state index is 12.4. The Morgan fingerprint density at radius 1 is 1.38 bits per heavy atom. The highest BCUT2D eigenvalue weighted by Gasteiger charge is 2.29. The van der Waals surface area contributed by atoms with Gasteiger partial charge in [-0.2, -0.15) is 0 Å². The van der Waals surface area contributed by atoms with Crippen molar-refractivity contribution in [2.45, 2.75) is 25.7 Å². The standard InChI is InChI=1S/C15H19N3O3/c16-8-9-3-1-2-4-11(9)14(19)17-10-5-6-13-12(7-10)18-15(20)21-13/h5-7,9,11H,1-4,8,16H2,(H,17,19)(H,18,20). The average Bonchev–Trinajstić information content (AvgIpc) is 2.86. The van der Waals surface area contributed by atoms with E-state index in [0.717, 1.165) is 25.7 Å². The van der Waals surface area contributed by atoms with Crippen molar-refractivity contribution in [3.63, 3.8) is 0 Å². The normalized spacial score (nSPS) is 22.3. The molecule has 6 nitrogen and oxygen atoms in total. The molecule has 21 heavy (non-hydrogen) atoms. The number of aromatic amines is 1.